The second-order valence-electron chi connectivity index (χ2n) is 7.08. The van der Waals surface area contributed by atoms with Crippen LogP contribution in [0.5, 0.6) is 0 Å². The van der Waals surface area contributed by atoms with E-state index in [1.54, 1.807) is 0 Å². The number of benzene rings is 1. The molecule has 1 aromatic carbocycles. The lowest BCUT2D eigenvalue weighted by Gasteiger charge is -2.41. The number of carbonyl (C=O) groups excluding carboxylic acids is 3. The molecule has 0 aromatic heterocycles. The highest BCUT2D eigenvalue weighted by atomic mass is 35.5. The van der Waals surface area contributed by atoms with Gasteiger partial charge in [0, 0.05) is 30.1 Å². The van der Waals surface area contributed by atoms with Crippen LogP contribution in [0.25, 0.3) is 0 Å². The van der Waals surface area contributed by atoms with Crippen LogP contribution in [0.2, 0.25) is 5.02 Å². The first-order valence-electron chi connectivity index (χ1n) is 9.24. The Morgan fingerprint density at radius 1 is 1.30 bits per heavy atom. The van der Waals surface area contributed by atoms with Crippen molar-refractivity contribution in [1.82, 2.24) is 15.5 Å². The van der Waals surface area contributed by atoms with Gasteiger partial charge in [0.1, 0.15) is 0 Å². The van der Waals surface area contributed by atoms with Crippen LogP contribution in [0.1, 0.15) is 24.8 Å². The van der Waals surface area contributed by atoms with Gasteiger partial charge in [-0.05, 0) is 43.4 Å². The van der Waals surface area contributed by atoms with Gasteiger partial charge < -0.3 is 10.6 Å². The van der Waals surface area contributed by atoms with Crippen LogP contribution in [0, 0.1) is 11.8 Å². The maximum Gasteiger partial charge on any atom is 0.324 e. The number of halogens is 1. The Labute approximate surface area is 163 Å². The van der Waals surface area contributed by atoms with E-state index in [4.69, 9.17) is 11.6 Å². The second kappa shape index (κ2) is 8.57. The molecule has 1 heterocycles. The fourth-order valence-electron chi connectivity index (χ4n) is 3.83. The first-order chi connectivity index (χ1) is 13.0. The number of nitrogens with zero attached hydrogens (tertiary/aromatic N) is 1. The van der Waals surface area contributed by atoms with E-state index < -0.39 is 6.03 Å². The topological polar surface area (TPSA) is 78.5 Å². The smallest absolute Gasteiger partial charge is 0.324 e. The van der Waals surface area contributed by atoms with Crippen molar-refractivity contribution >= 4 is 29.4 Å². The summed E-state index contributed by atoms with van der Waals surface area (Å²) in [6.45, 7) is 4.34. The lowest BCUT2D eigenvalue weighted by Crippen LogP contribution is -2.62. The maximum atomic E-state index is 12.5. The fourth-order valence-corrected chi connectivity index (χ4v) is 3.95. The Morgan fingerprint density at radius 3 is 2.74 bits per heavy atom. The van der Waals surface area contributed by atoms with E-state index in [1.807, 2.05) is 24.3 Å². The monoisotopic (exact) mass is 389 g/mol. The zero-order chi connectivity index (χ0) is 19.4. The molecule has 0 radical (unpaired) electrons. The number of urea groups is 1. The molecule has 1 aromatic rings. The molecule has 27 heavy (non-hydrogen) atoms. The zero-order valence-electron chi connectivity index (χ0n) is 15.1. The summed E-state index contributed by atoms with van der Waals surface area (Å²) in [7, 11) is 0. The molecule has 6 nitrogen and oxygen atoms in total. The number of nitrogens with one attached hydrogen (secondary N) is 2. The van der Waals surface area contributed by atoms with Gasteiger partial charge in [0.15, 0.2) is 0 Å². The van der Waals surface area contributed by atoms with Gasteiger partial charge in [-0.25, -0.2) is 4.79 Å². The molecule has 2 aliphatic rings. The summed E-state index contributed by atoms with van der Waals surface area (Å²) in [6, 6.07) is 6.88. The minimum absolute atomic E-state index is 0.0161. The zero-order valence-corrected chi connectivity index (χ0v) is 15.9. The minimum atomic E-state index is -0.398. The van der Waals surface area contributed by atoms with Gasteiger partial charge in [-0.2, -0.15) is 0 Å². The average molecular weight is 390 g/mol. The van der Waals surface area contributed by atoms with E-state index in [9.17, 15) is 14.4 Å². The predicted octanol–water partition coefficient (Wildman–Crippen LogP) is 2.52. The van der Waals surface area contributed by atoms with Gasteiger partial charge in [-0.15, -0.1) is 6.58 Å². The summed E-state index contributed by atoms with van der Waals surface area (Å²) < 4.78 is 0. The molecule has 3 unspecified atom stereocenters. The molecule has 2 N–H and O–H groups in total. The average Bonchev–Trinajstić information content (AvgIpc) is 2.66. The third-order valence-corrected chi connectivity index (χ3v) is 5.55. The van der Waals surface area contributed by atoms with Crippen LogP contribution in [0.15, 0.2) is 36.9 Å². The second-order valence-corrected chi connectivity index (χ2v) is 7.51. The molecule has 0 bridgehead atoms. The van der Waals surface area contributed by atoms with Crippen LogP contribution in [0.3, 0.4) is 0 Å². The maximum absolute atomic E-state index is 12.5. The normalized spacial score (nSPS) is 24.8. The minimum Gasteiger partial charge on any atom is -0.356 e. The molecule has 144 valence electrons. The summed E-state index contributed by atoms with van der Waals surface area (Å²) >= 11 is 5.87. The van der Waals surface area contributed by atoms with Crippen molar-refractivity contribution in [3.63, 3.8) is 0 Å². The largest absolute Gasteiger partial charge is 0.356 e. The standard InChI is InChI=1S/C20H24ClN3O3/c1-2-11-24-19(26)16-8-5-14(12-17(16)23-20(24)27)18(25)22-10-9-13-3-6-15(21)7-4-13/h2-4,6-7,14,16-17H,1,5,8-12H2,(H,22,25)(H,23,27). The van der Waals surface area contributed by atoms with Gasteiger partial charge in [0.05, 0.1) is 5.92 Å². The fraction of sp³-hybridized carbons (Fsp3) is 0.450. The van der Waals surface area contributed by atoms with E-state index in [1.165, 1.54) is 11.0 Å². The molecule has 1 saturated heterocycles. The number of rotatable bonds is 6. The van der Waals surface area contributed by atoms with Crippen molar-refractivity contribution in [3.05, 3.63) is 47.5 Å². The number of amides is 4. The van der Waals surface area contributed by atoms with E-state index in [-0.39, 0.29) is 36.2 Å². The van der Waals surface area contributed by atoms with Crippen molar-refractivity contribution in [1.29, 1.82) is 0 Å². The Hall–Kier alpha value is -2.34. The van der Waals surface area contributed by atoms with Crippen molar-refractivity contribution in [2.75, 3.05) is 13.1 Å². The first-order valence-corrected chi connectivity index (χ1v) is 9.62. The highest BCUT2D eigenvalue weighted by Gasteiger charge is 2.44. The van der Waals surface area contributed by atoms with Crippen LogP contribution in [-0.2, 0) is 16.0 Å². The highest BCUT2D eigenvalue weighted by Crippen LogP contribution is 2.33. The summed E-state index contributed by atoms with van der Waals surface area (Å²) in [4.78, 5) is 38.3. The van der Waals surface area contributed by atoms with Crippen LogP contribution in [-0.4, -0.2) is 41.9 Å². The van der Waals surface area contributed by atoms with E-state index >= 15 is 0 Å². The van der Waals surface area contributed by atoms with Crippen molar-refractivity contribution < 1.29 is 14.4 Å². The molecule has 2 fully saturated rings. The summed E-state index contributed by atoms with van der Waals surface area (Å²) in [6.07, 6.45) is 4.02. The number of imide groups is 1. The SMILES string of the molecule is C=CCN1C(=O)NC2CC(C(=O)NCCc3ccc(Cl)cc3)CCC2C1=O. The molecule has 1 aliphatic heterocycles. The molecule has 3 rings (SSSR count). The van der Waals surface area contributed by atoms with Crippen molar-refractivity contribution in [2.24, 2.45) is 11.8 Å². The Kier molecular flexibility index (Phi) is 6.16. The number of hydrogen-bond acceptors (Lipinski definition) is 3. The first kappa shape index (κ1) is 19.4. The third kappa shape index (κ3) is 4.50. The van der Waals surface area contributed by atoms with E-state index in [0.717, 1.165) is 12.0 Å². The summed E-state index contributed by atoms with van der Waals surface area (Å²) in [5.74, 6) is -0.612. The number of hydrogen-bond donors (Lipinski definition) is 2. The Morgan fingerprint density at radius 2 is 2.04 bits per heavy atom. The predicted molar refractivity (Wildman–Crippen MR) is 103 cm³/mol. The van der Waals surface area contributed by atoms with Crippen LogP contribution in [0.4, 0.5) is 4.79 Å². The third-order valence-electron chi connectivity index (χ3n) is 5.30. The lowest BCUT2D eigenvalue weighted by molar-refractivity contribution is -0.138. The van der Waals surface area contributed by atoms with E-state index in [0.29, 0.717) is 30.8 Å². The lowest BCUT2D eigenvalue weighted by atomic mass is 9.76. The number of fused-ring (bicyclic) bond motifs is 1. The van der Waals surface area contributed by atoms with Crippen LogP contribution >= 0.6 is 11.6 Å². The van der Waals surface area contributed by atoms with Gasteiger partial charge in [-0.3, -0.25) is 14.5 Å². The van der Waals surface area contributed by atoms with Crippen LogP contribution < -0.4 is 10.6 Å². The van der Waals surface area contributed by atoms with Crippen molar-refractivity contribution in [2.45, 2.75) is 31.7 Å². The summed E-state index contributed by atoms with van der Waals surface area (Å²) in [5.41, 5.74) is 1.11. The molecule has 1 aliphatic carbocycles. The molecule has 4 amide bonds. The Bertz CT molecular complexity index is 734. The molecular weight excluding hydrogens is 366 g/mol. The molecule has 7 heteroatoms. The quantitative estimate of drug-likeness (QED) is 0.734. The Balaban J connectivity index is 1.50. The number of carbonyl (C=O) groups is 3. The highest BCUT2D eigenvalue weighted by molar-refractivity contribution is 6.30. The molecule has 1 saturated carbocycles. The molecule has 3 atom stereocenters. The van der Waals surface area contributed by atoms with Gasteiger partial charge in [-0.1, -0.05) is 29.8 Å². The van der Waals surface area contributed by atoms with Gasteiger partial charge in [0.2, 0.25) is 11.8 Å². The molecular formula is C20H24ClN3O3. The van der Waals surface area contributed by atoms with E-state index in [2.05, 4.69) is 17.2 Å². The molecule has 0 spiro atoms. The summed E-state index contributed by atoms with van der Waals surface area (Å²) in [5, 5.41) is 6.54. The van der Waals surface area contributed by atoms with Crippen molar-refractivity contribution in [3.8, 4) is 0 Å². The van der Waals surface area contributed by atoms with Gasteiger partial charge >= 0.3 is 6.03 Å². The van der Waals surface area contributed by atoms with Gasteiger partial charge in [0.25, 0.3) is 0 Å².